The van der Waals surface area contributed by atoms with Gasteiger partial charge in [-0.1, -0.05) is 48.0 Å². The number of hydrogen-bond donors (Lipinski definition) is 2. The van der Waals surface area contributed by atoms with Crippen molar-refractivity contribution in [2.75, 3.05) is 0 Å². The van der Waals surface area contributed by atoms with Gasteiger partial charge in [0.2, 0.25) is 5.88 Å². The number of carboxylic acid groups (broad SMARTS) is 1. The normalized spacial score (nSPS) is 11.8. The number of halogens is 1. The first-order chi connectivity index (χ1) is 13.0. The number of rotatable bonds is 7. The molecule has 1 atom stereocenters. The molecule has 0 fully saturated rings. The summed E-state index contributed by atoms with van der Waals surface area (Å²) in [5, 5.41) is 9.39. The molecule has 0 bridgehead atoms. The van der Waals surface area contributed by atoms with Crippen LogP contribution >= 0.6 is 11.6 Å². The molecule has 5 nitrogen and oxygen atoms in total. The van der Waals surface area contributed by atoms with Gasteiger partial charge < -0.3 is 15.6 Å². The van der Waals surface area contributed by atoms with Crippen molar-refractivity contribution in [3.05, 3.63) is 77.4 Å². The zero-order valence-electron chi connectivity index (χ0n) is 14.5. The minimum atomic E-state index is -0.885. The molecule has 27 heavy (non-hydrogen) atoms. The van der Waals surface area contributed by atoms with Crippen molar-refractivity contribution in [3.63, 3.8) is 0 Å². The third-order valence-electron chi connectivity index (χ3n) is 3.97. The van der Waals surface area contributed by atoms with E-state index in [1.165, 1.54) is 6.20 Å². The van der Waals surface area contributed by atoms with Gasteiger partial charge >= 0.3 is 5.97 Å². The number of nitrogens with zero attached hydrogens (tertiary/aromatic N) is 1. The van der Waals surface area contributed by atoms with Crippen molar-refractivity contribution in [2.45, 2.75) is 18.9 Å². The Bertz CT molecular complexity index is 911. The zero-order chi connectivity index (χ0) is 19.2. The van der Waals surface area contributed by atoms with Crippen molar-refractivity contribution in [2.24, 2.45) is 5.73 Å². The topological polar surface area (TPSA) is 85.4 Å². The lowest BCUT2D eigenvalue weighted by Crippen LogP contribution is -2.26. The second-order valence-corrected chi connectivity index (χ2v) is 6.64. The number of aromatic nitrogens is 1. The Hall–Kier alpha value is -2.89. The lowest BCUT2D eigenvalue weighted by atomic mass is 9.98. The first-order valence-corrected chi connectivity index (χ1v) is 8.83. The number of carbonyl (C=O) groups is 1. The molecule has 6 heteroatoms. The summed E-state index contributed by atoms with van der Waals surface area (Å²) in [5.74, 6) is 0.263. The quantitative estimate of drug-likeness (QED) is 0.626. The molecule has 0 amide bonds. The maximum Gasteiger partial charge on any atom is 0.304 e. The zero-order valence-corrected chi connectivity index (χ0v) is 15.3. The standard InChI is InChI=1S/C21H19ClN2O3/c22-17-6-9-20(24-13-17)27-19-7-4-15(5-8-19)16-3-1-2-14(10-16)11-18(23)12-21(25)26/h1-10,13,18H,11-12,23H2,(H,25,26). The van der Waals surface area contributed by atoms with Crippen LogP contribution in [0.3, 0.4) is 0 Å². The van der Waals surface area contributed by atoms with E-state index in [9.17, 15) is 4.79 Å². The van der Waals surface area contributed by atoms with Crippen LogP contribution in [0.25, 0.3) is 11.1 Å². The number of hydrogen-bond acceptors (Lipinski definition) is 4. The number of carboxylic acids is 1. The van der Waals surface area contributed by atoms with Crippen molar-refractivity contribution >= 4 is 17.6 Å². The summed E-state index contributed by atoms with van der Waals surface area (Å²) < 4.78 is 5.70. The van der Waals surface area contributed by atoms with Gasteiger partial charge in [-0.2, -0.15) is 0 Å². The highest BCUT2D eigenvalue weighted by Gasteiger charge is 2.09. The predicted molar refractivity (Wildman–Crippen MR) is 105 cm³/mol. The van der Waals surface area contributed by atoms with Crippen LogP contribution in [0.2, 0.25) is 5.02 Å². The number of pyridine rings is 1. The molecule has 0 spiro atoms. The maximum absolute atomic E-state index is 10.8. The molecular weight excluding hydrogens is 364 g/mol. The smallest absolute Gasteiger partial charge is 0.304 e. The summed E-state index contributed by atoms with van der Waals surface area (Å²) in [7, 11) is 0. The number of benzene rings is 2. The maximum atomic E-state index is 10.8. The lowest BCUT2D eigenvalue weighted by molar-refractivity contribution is -0.137. The first-order valence-electron chi connectivity index (χ1n) is 8.46. The Morgan fingerprint density at radius 2 is 1.89 bits per heavy atom. The average molecular weight is 383 g/mol. The van der Waals surface area contributed by atoms with Gasteiger partial charge in [0.05, 0.1) is 11.4 Å². The molecule has 0 radical (unpaired) electrons. The van der Waals surface area contributed by atoms with E-state index >= 15 is 0 Å². The van der Waals surface area contributed by atoms with Gasteiger partial charge in [0.1, 0.15) is 5.75 Å². The summed E-state index contributed by atoms with van der Waals surface area (Å²) in [4.78, 5) is 14.9. The molecule has 0 saturated carbocycles. The van der Waals surface area contributed by atoms with Gasteiger partial charge in [0.25, 0.3) is 0 Å². The molecule has 0 saturated heterocycles. The van der Waals surface area contributed by atoms with E-state index < -0.39 is 12.0 Å². The van der Waals surface area contributed by atoms with E-state index in [0.717, 1.165) is 16.7 Å². The van der Waals surface area contributed by atoms with Gasteiger partial charge in [-0.15, -0.1) is 0 Å². The molecule has 0 aliphatic rings. The van der Waals surface area contributed by atoms with Crippen LogP contribution < -0.4 is 10.5 Å². The van der Waals surface area contributed by atoms with Crippen LogP contribution in [0.1, 0.15) is 12.0 Å². The summed E-state index contributed by atoms with van der Waals surface area (Å²) in [6, 6.07) is 18.6. The summed E-state index contributed by atoms with van der Waals surface area (Å²) in [6.45, 7) is 0. The Balaban J connectivity index is 1.70. The highest BCUT2D eigenvalue weighted by atomic mass is 35.5. The fourth-order valence-corrected chi connectivity index (χ4v) is 2.85. The molecular formula is C21H19ClN2O3. The third-order valence-corrected chi connectivity index (χ3v) is 4.20. The van der Waals surface area contributed by atoms with Gasteiger partial charge in [-0.3, -0.25) is 4.79 Å². The van der Waals surface area contributed by atoms with Gasteiger partial charge in [-0.25, -0.2) is 4.98 Å². The molecule has 3 rings (SSSR count). The summed E-state index contributed by atoms with van der Waals surface area (Å²) in [5.41, 5.74) is 8.95. The molecule has 1 aromatic heterocycles. The molecule has 3 aromatic rings. The van der Waals surface area contributed by atoms with E-state index in [-0.39, 0.29) is 6.42 Å². The van der Waals surface area contributed by atoms with Crippen LogP contribution in [0, 0.1) is 0 Å². The van der Waals surface area contributed by atoms with Crippen LogP contribution in [-0.2, 0) is 11.2 Å². The highest BCUT2D eigenvalue weighted by molar-refractivity contribution is 6.30. The predicted octanol–water partition coefficient (Wildman–Crippen LogP) is 4.54. The average Bonchev–Trinajstić information content (AvgIpc) is 2.64. The van der Waals surface area contributed by atoms with E-state index in [1.54, 1.807) is 12.1 Å². The Kier molecular flexibility index (Phi) is 6.06. The minimum absolute atomic E-state index is 0.0466. The summed E-state index contributed by atoms with van der Waals surface area (Å²) in [6.07, 6.45) is 2.00. The van der Waals surface area contributed by atoms with Crippen molar-refractivity contribution in [3.8, 4) is 22.8 Å². The molecule has 1 heterocycles. The second-order valence-electron chi connectivity index (χ2n) is 6.20. The Morgan fingerprint density at radius 1 is 1.11 bits per heavy atom. The second kappa shape index (κ2) is 8.66. The Morgan fingerprint density at radius 3 is 2.56 bits per heavy atom. The number of aliphatic carboxylic acids is 1. The number of nitrogens with two attached hydrogens (primary N) is 1. The van der Waals surface area contributed by atoms with Gasteiger partial charge in [0.15, 0.2) is 0 Å². The molecule has 2 aromatic carbocycles. The van der Waals surface area contributed by atoms with Gasteiger partial charge in [-0.05, 0) is 41.3 Å². The molecule has 0 aliphatic heterocycles. The Labute approximate surface area is 162 Å². The third kappa shape index (κ3) is 5.54. The molecule has 3 N–H and O–H groups in total. The van der Waals surface area contributed by atoms with E-state index in [1.807, 2.05) is 48.5 Å². The first kappa shape index (κ1) is 18.9. The van der Waals surface area contributed by atoms with Crippen LogP contribution in [0.4, 0.5) is 0 Å². The van der Waals surface area contributed by atoms with Crippen LogP contribution in [0.5, 0.6) is 11.6 Å². The fraction of sp³-hybridized carbons (Fsp3) is 0.143. The highest BCUT2D eigenvalue weighted by Crippen LogP contribution is 2.26. The van der Waals surface area contributed by atoms with Crippen molar-refractivity contribution in [1.29, 1.82) is 0 Å². The molecule has 1 unspecified atom stereocenters. The largest absolute Gasteiger partial charge is 0.481 e. The van der Waals surface area contributed by atoms with Crippen LogP contribution in [0.15, 0.2) is 66.9 Å². The molecule has 138 valence electrons. The van der Waals surface area contributed by atoms with E-state index in [4.69, 9.17) is 27.2 Å². The SMILES string of the molecule is NC(CC(=O)O)Cc1cccc(-c2ccc(Oc3ccc(Cl)cn3)cc2)c1. The van der Waals surface area contributed by atoms with Crippen LogP contribution in [-0.4, -0.2) is 22.1 Å². The number of ether oxygens (including phenoxy) is 1. The molecule has 0 aliphatic carbocycles. The monoisotopic (exact) mass is 382 g/mol. The van der Waals surface area contributed by atoms with Crippen molar-refractivity contribution < 1.29 is 14.6 Å². The minimum Gasteiger partial charge on any atom is -0.481 e. The van der Waals surface area contributed by atoms with E-state index in [2.05, 4.69) is 4.98 Å². The lowest BCUT2D eigenvalue weighted by Gasteiger charge is -2.11. The van der Waals surface area contributed by atoms with Crippen molar-refractivity contribution in [1.82, 2.24) is 4.98 Å². The fourth-order valence-electron chi connectivity index (χ4n) is 2.74. The summed E-state index contributed by atoms with van der Waals surface area (Å²) >= 11 is 5.82. The van der Waals surface area contributed by atoms with Gasteiger partial charge in [0, 0.05) is 18.3 Å². The van der Waals surface area contributed by atoms with E-state index in [0.29, 0.717) is 23.1 Å².